The van der Waals surface area contributed by atoms with Gasteiger partial charge in [-0.15, -0.1) is 0 Å². The molecule has 0 aliphatic heterocycles. The number of carbonyl (C=O) groups excluding carboxylic acids is 2. The van der Waals surface area contributed by atoms with Gasteiger partial charge in [-0.2, -0.15) is 0 Å². The Kier molecular flexibility index (Phi) is 2.59. The maximum absolute atomic E-state index is 10.9. The van der Waals surface area contributed by atoms with Gasteiger partial charge < -0.3 is 10.5 Å². The van der Waals surface area contributed by atoms with Crippen LogP contribution in [0.2, 0.25) is 0 Å². The van der Waals surface area contributed by atoms with Gasteiger partial charge in [0.2, 0.25) is 0 Å². The first-order valence-corrected chi connectivity index (χ1v) is 3.48. The summed E-state index contributed by atoms with van der Waals surface area (Å²) in [5.41, 5.74) is 6.00. The number of nitrogens with zero attached hydrogens (tertiary/aromatic N) is 1. The van der Waals surface area contributed by atoms with E-state index in [1.54, 1.807) is 0 Å². The van der Waals surface area contributed by atoms with Crippen LogP contribution < -0.4 is 5.73 Å². The molecule has 0 saturated heterocycles. The summed E-state index contributed by atoms with van der Waals surface area (Å²) < 4.78 is 4.42. The third kappa shape index (κ3) is 1.81. The van der Waals surface area contributed by atoms with Crippen LogP contribution in [0.25, 0.3) is 0 Å². The first-order valence-electron chi connectivity index (χ1n) is 3.48. The van der Waals surface area contributed by atoms with Gasteiger partial charge in [0.05, 0.1) is 12.7 Å². The molecule has 2 N–H and O–H groups in total. The SMILES string of the molecule is COC(=O)c1cc(N)c(C=O)cn1. The van der Waals surface area contributed by atoms with Gasteiger partial charge in [-0.1, -0.05) is 0 Å². The molecule has 0 bridgehead atoms. The Hall–Kier alpha value is -1.91. The Balaban J connectivity index is 3.09. The van der Waals surface area contributed by atoms with Gasteiger partial charge in [-0.05, 0) is 6.07 Å². The van der Waals surface area contributed by atoms with Crippen molar-refractivity contribution in [3.8, 4) is 0 Å². The molecule has 0 saturated carbocycles. The van der Waals surface area contributed by atoms with Crippen molar-refractivity contribution in [2.45, 2.75) is 0 Å². The van der Waals surface area contributed by atoms with Crippen molar-refractivity contribution in [3.63, 3.8) is 0 Å². The minimum Gasteiger partial charge on any atom is -0.464 e. The summed E-state index contributed by atoms with van der Waals surface area (Å²) in [6.07, 6.45) is 1.80. The molecular formula is C8H8N2O3. The number of hydrogen-bond acceptors (Lipinski definition) is 5. The molecule has 0 aliphatic carbocycles. The lowest BCUT2D eigenvalue weighted by Crippen LogP contribution is -2.06. The molecule has 0 unspecified atom stereocenters. The molecule has 0 aliphatic rings. The van der Waals surface area contributed by atoms with E-state index in [1.807, 2.05) is 0 Å². The van der Waals surface area contributed by atoms with Gasteiger partial charge in [0.25, 0.3) is 0 Å². The molecular weight excluding hydrogens is 172 g/mol. The molecule has 0 amide bonds. The second-order valence-electron chi connectivity index (χ2n) is 2.31. The molecule has 1 aromatic heterocycles. The van der Waals surface area contributed by atoms with E-state index in [9.17, 15) is 9.59 Å². The fourth-order valence-corrected chi connectivity index (χ4v) is 0.796. The molecule has 68 valence electrons. The molecule has 0 radical (unpaired) electrons. The monoisotopic (exact) mass is 180 g/mol. The van der Waals surface area contributed by atoms with E-state index in [4.69, 9.17) is 5.73 Å². The number of esters is 1. The molecule has 0 fully saturated rings. The lowest BCUT2D eigenvalue weighted by Gasteiger charge is -2.00. The highest BCUT2D eigenvalue weighted by atomic mass is 16.5. The van der Waals surface area contributed by atoms with Gasteiger partial charge in [-0.25, -0.2) is 9.78 Å². The number of hydrogen-bond donors (Lipinski definition) is 1. The number of rotatable bonds is 2. The highest BCUT2D eigenvalue weighted by molar-refractivity contribution is 5.91. The summed E-state index contributed by atoms with van der Waals surface area (Å²) in [4.78, 5) is 25.0. The lowest BCUT2D eigenvalue weighted by molar-refractivity contribution is 0.0594. The summed E-state index contributed by atoms with van der Waals surface area (Å²) in [6.45, 7) is 0. The van der Waals surface area contributed by atoms with Crippen LogP contribution >= 0.6 is 0 Å². The number of nitrogen functional groups attached to an aromatic ring is 1. The number of aldehydes is 1. The number of ether oxygens (including phenoxy) is 1. The number of nitrogens with two attached hydrogens (primary N) is 1. The van der Waals surface area contributed by atoms with Crippen LogP contribution in [0.1, 0.15) is 20.8 Å². The summed E-state index contributed by atoms with van der Waals surface area (Å²) in [5.74, 6) is -0.579. The maximum Gasteiger partial charge on any atom is 0.356 e. The van der Waals surface area contributed by atoms with Crippen molar-refractivity contribution >= 4 is 17.9 Å². The normalized spacial score (nSPS) is 9.31. The topological polar surface area (TPSA) is 82.3 Å². The van der Waals surface area contributed by atoms with Gasteiger partial charge >= 0.3 is 5.97 Å². The largest absolute Gasteiger partial charge is 0.464 e. The van der Waals surface area contributed by atoms with Gasteiger partial charge in [0.1, 0.15) is 5.69 Å². The molecule has 0 spiro atoms. The fourth-order valence-electron chi connectivity index (χ4n) is 0.796. The van der Waals surface area contributed by atoms with Crippen LogP contribution in [0.15, 0.2) is 12.3 Å². The first kappa shape index (κ1) is 9.18. The second-order valence-corrected chi connectivity index (χ2v) is 2.31. The molecule has 13 heavy (non-hydrogen) atoms. The van der Waals surface area contributed by atoms with Crippen molar-refractivity contribution in [2.75, 3.05) is 12.8 Å². The van der Waals surface area contributed by atoms with E-state index in [-0.39, 0.29) is 16.9 Å². The van der Waals surface area contributed by atoms with Gasteiger partial charge in [-0.3, -0.25) is 4.79 Å². The molecule has 1 aromatic rings. The predicted molar refractivity (Wildman–Crippen MR) is 45.4 cm³/mol. The van der Waals surface area contributed by atoms with Crippen LogP contribution in [-0.4, -0.2) is 24.3 Å². The molecule has 5 nitrogen and oxygen atoms in total. The van der Waals surface area contributed by atoms with Crippen molar-refractivity contribution < 1.29 is 14.3 Å². The standard InChI is InChI=1S/C8H8N2O3/c1-13-8(12)7-2-6(9)5(4-11)3-10-7/h2-4H,1H3,(H2,9,10). The average Bonchev–Trinajstić information content (AvgIpc) is 2.16. The van der Waals surface area contributed by atoms with Crippen molar-refractivity contribution in [2.24, 2.45) is 0 Å². The van der Waals surface area contributed by atoms with Crippen molar-refractivity contribution in [3.05, 3.63) is 23.5 Å². The smallest absolute Gasteiger partial charge is 0.356 e. The lowest BCUT2D eigenvalue weighted by atomic mass is 10.2. The maximum atomic E-state index is 10.9. The number of aromatic nitrogens is 1. The first-order chi connectivity index (χ1) is 6.19. The summed E-state index contributed by atoms with van der Waals surface area (Å²) in [5, 5.41) is 0. The number of methoxy groups -OCH3 is 1. The third-order valence-electron chi connectivity index (χ3n) is 1.49. The predicted octanol–water partition coefficient (Wildman–Crippen LogP) is 0.263. The van der Waals surface area contributed by atoms with E-state index in [2.05, 4.69) is 9.72 Å². The number of pyridine rings is 1. The Bertz CT molecular complexity index is 349. The molecule has 1 rings (SSSR count). The third-order valence-corrected chi connectivity index (χ3v) is 1.49. The van der Waals surface area contributed by atoms with Crippen LogP contribution in [-0.2, 0) is 4.74 Å². The Morgan fingerprint density at radius 2 is 2.38 bits per heavy atom. The van der Waals surface area contributed by atoms with Crippen molar-refractivity contribution in [1.82, 2.24) is 4.98 Å². The van der Waals surface area contributed by atoms with Gasteiger partial charge in [0.15, 0.2) is 6.29 Å². The van der Waals surface area contributed by atoms with E-state index >= 15 is 0 Å². The minimum atomic E-state index is -0.579. The summed E-state index contributed by atoms with van der Waals surface area (Å²) in [6, 6.07) is 1.30. The van der Waals surface area contributed by atoms with Gasteiger partial charge in [0, 0.05) is 11.9 Å². The summed E-state index contributed by atoms with van der Waals surface area (Å²) >= 11 is 0. The fraction of sp³-hybridized carbons (Fsp3) is 0.125. The van der Waals surface area contributed by atoms with Crippen LogP contribution in [0.4, 0.5) is 5.69 Å². The van der Waals surface area contributed by atoms with Crippen LogP contribution in [0.5, 0.6) is 0 Å². The number of carbonyl (C=O) groups is 2. The summed E-state index contributed by atoms with van der Waals surface area (Å²) in [7, 11) is 1.24. The van der Waals surface area contributed by atoms with E-state index in [1.165, 1.54) is 19.4 Å². The Morgan fingerprint density at radius 3 is 2.85 bits per heavy atom. The zero-order chi connectivity index (χ0) is 9.84. The average molecular weight is 180 g/mol. The van der Waals surface area contributed by atoms with E-state index < -0.39 is 5.97 Å². The Labute approximate surface area is 74.5 Å². The highest BCUT2D eigenvalue weighted by Gasteiger charge is 2.08. The van der Waals surface area contributed by atoms with E-state index in [0.29, 0.717) is 6.29 Å². The molecule has 0 aromatic carbocycles. The second kappa shape index (κ2) is 3.66. The minimum absolute atomic E-state index is 0.0885. The molecule has 1 heterocycles. The Morgan fingerprint density at radius 1 is 1.69 bits per heavy atom. The number of anilines is 1. The zero-order valence-corrected chi connectivity index (χ0v) is 6.98. The van der Waals surface area contributed by atoms with Crippen molar-refractivity contribution in [1.29, 1.82) is 0 Å². The highest BCUT2D eigenvalue weighted by Crippen LogP contribution is 2.09. The molecule has 5 heteroatoms. The van der Waals surface area contributed by atoms with Crippen LogP contribution in [0, 0.1) is 0 Å². The molecule has 0 atom stereocenters. The quantitative estimate of drug-likeness (QED) is 0.521. The zero-order valence-electron chi connectivity index (χ0n) is 6.98. The van der Waals surface area contributed by atoms with E-state index in [0.717, 1.165) is 0 Å². The van der Waals surface area contributed by atoms with Crippen LogP contribution in [0.3, 0.4) is 0 Å².